The molecular formula is C14H15BrN2. The summed E-state index contributed by atoms with van der Waals surface area (Å²) in [4.78, 5) is 0. The number of hydrogen-bond donors (Lipinski definition) is 1. The van der Waals surface area contributed by atoms with Crippen molar-refractivity contribution in [2.75, 3.05) is 5.32 Å². The molecule has 0 heterocycles. The number of benzene rings is 1. The Kier molecular flexibility index (Phi) is 2.84. The molecule has 1 aromatic carbocycles. The fourth-order valence-electron chi connectivity index (χ4n) is 2.45. The van der Waals surface area contributed by atoms with Gasteiger partial charge in [0.05, 0.1) is 11.3 Å². The van der Waals surface area contributed by atoms with Crippen LogP contribution in [0.5, 0.6) is 0 Å². The van der Waals surface area contributed by atoms with Crippen molar-refractivity contribution in [3.63, 3.8) is 0 Å². The first-order valence-electron chi connectivity index (χ1n) is 6.24. The summed E-state index contributed by atoms with van der Waals surface area (Å²) in [5, 5.41) is 12.8. The van der Waals surface area contributed by atoms with Crippen LogP contribution in [0.25, 0.3) is 0 Å². The maximum absolute atomic E-state index is 9.15. The number of nitriles is 1. The zero-order valence-corrected chi connectivity index (χ0v) is 11.2. The van der Waals surface area contributed by atoms with Crippen molar-refractivity contribution in [3.05, 3.63) is 28.2 Å². The van der Waals surface area contributed by atoms with Crippen molar-refractivity contribution >= 4 is 21.6 Å². The Morgan fingerprint density at radius 1 is 1.24 bits per heavy atom. The average Bonchev–Trinajstić information content (AvgIpc) is 3.17. The van der Waals surface area contributed by atoms with Gasteiger partial charge in [0, 0.05) is 10.5 Å². The number of hydrogen-bond acceptors (Lipinski definition) is 2. The van der Waals surface area contributed by atoms with Crippen LogP contribution in [0.3, 0.4) is 0 Å². The van der Waals surface area contributed by atoms with Crippen LogP contribution in [-0.4, -0.2) is 6.04 Å². The third-order valence-electron chi connectivity index (χ3n) is 3.68. The first kappa shape index (κ1) is 11.1. The van der Waals surface area contributed by atoms with E-state index in [2.05, 4.69) is 27.3 Å². The molecule has 0 aromatic heterocycles. The first-order chi connectivity index (χ1) is 8.28. The lowest BCUT2D eigenvalue weighted by molar-refractivity contribution is 0.567. The monoisotopic (exact) mass is 290 g/mol. The Bertz CT molecular complexity index is 458. The van der Waals surface area contributed by atoms with E-state index in [1.54, 1.807) is 0 Å². The minimum absolute atomic E-state index is 0.600. The molecule has 0 unspecified atom stereocenters. The second-order valence-electron chi connectivity index (χ2n) is 5.15. The molecule has 1 N–H and O–H groups in total. The highest BCUT2D eigenvalue weighted by Gasteiger charge is 2.41. The van der Waals surface area contributed by atoms with Crippen LogP contribution in [-0.2, 0) is 0 Å². The lowest BCUT2D eigenvalue weighted by atomic mass is 10.1. The molecule has 0 bridgehead atoms. The molecule has 0 spiro atoms. The summed E-state index contributed by atoms with van der Waals surface area (Å²) in [6, 6.07) is 8.77. The Morgan fingerprint density at radius 3 is 2.41 bits per heavy atom. The lowest BCUT2D eigenvalue weighted by Gasteiger charge is -2.20. The van der Waals surface area contributed by atoms with Gasteiger partial charge in [-0.05, 0) is 55.7 Å². The summed E-state index contributed by atoms with van der Waals surface area (Å²) in [7, 11) is 0. The topological polar surface area (TPSA) is 35.8 Å². The van der Waals surface area contributed by atoms with E-state index in [9.17, 15) is 0 Å². The highest BCUT2D eigenvalue weighted by atomic mass is 79.9. The van der Waals surface area contributed by atoms with Gasteiger partial charge in [0.15, 0.2) is 0 Å². The molecule has 1 aromatic rings. The first-order valence-corrected chi connectivity index (χ1v) is 7.03. The number of anilines is 1. The van der Waals surface area contributed by atoms with Crippen molar-refractivity contribution in [3.8, 4) is 6.07 Å². The van der Waals surface area contributed by atoms with Crippen molar-refractivity contribution in [2.45, 2.75) is 31.7 Å². The number of halogens is 1. The number of rotatable bonds is 4. The van der Waals surface area contributed by atoms with E-state index in [4.69, 9.17) is 5.26 Å². The number of nitrogens with zero attached hydrogens (tertiary/aromatic N) is 1. The van der Waals surface area contributed by atoms with Crippen molar-refractivity contribution in [1.82, 2.24) is 0 Å². The Morgan fingerprint density at radius 2 is 1.88 bits per heavy atom. The molecule has 3 heteroatoms. The van der Waals surface area contributed by atoms with Gasteiger partial charge in [0.25, 0.3) is 0 Å². The molecule has 3 rings (SSSR count). The fourth-order valence-corrected chi connectivity index (χ4v) is 2.81. The van der Waals surface area contributed by atoms with Crippen molar-refractivity contribution < 1.29 is 0 Å². The quantitative estimate of drug-likeness (QED) is 0.912. The van der Waals surface area contributed by atoms with Crippen molar-refractivity contribution in [2.24, 2.45) is 11.8 Å². The molecule has 2 nitrogen and oxygen atoms in total. The van der Waals surface area contributed by atoms with Gasteiger partial charge < -0.3 is 5.32 Å². The summed E-state index contributed by atoms with van der Waals surface area (Å²) in [6.45, 7) is 0. The molecule has 0 amide bonds. The van der Waals surface area contributed by atoms with E-state index < -0.39 is 0 Å². The summed E-state index contributed by atoms with van der Waals surface area (Å²) < 4.78 is 0.967. The van der Waals surface area contributed by atoms with E-state index in [-0.39, 0.29) is 0 Å². The zero-order valence-electron chi connectivity index (χ0n) is 9.62. The minimum Gasteiger partial charge on any atom is -0.381 e. The van der Waals surface area contributed by atoms with Crippen molar-refractivity contribution in [1.29, 1.82) is 5.26 Å². The maximum Gasteiger partial charge on any atom is 0.101 e. The molecule has 2 saturated carbocycles. The zero-order chi connectivity index (χ0) is 11.8. The van der Waals surface area contributed by atoms with E-state index in [0.29, 0.717) is 6.04 Å². The van der Waals surface area contributed by atoms with E-state index >= 15 is 0 Å². The van der Waals surface area contributed by atoms with Gasteiger partial charge in [-0.1, -0.05) is 15.9 Å². The van der Waals surface area contributed by atoms with Gasteiger partial charge in [-0.15, -0.1) is 0 Å². The smallest absolute Gasteiger partial charge is 0.101 e. The normalized spacial score (nSPS) is 19.1. The average molecular weight is 291 g/mol. The van der Waals surface area contributed by atoms with E-state index in [1.165, 1.54) is 25.7 Å². The van der Waals surface area contributed by atoms with Gasteiger partial charge in [0.1, 0.15) is 6.07 Å². The van der Waals surface area contributed by atoms with Gasteiger partial charge in [0.2, 0.25) is 0 Å². The number of nitrogens with one attached hydrogen (secondary N) is 1. The predicted octanol–water partition coefficient (Wildman–Crippen LogP) is 3.92. The molecule has 2 aliphatic carbocycles. The van der Waals surface area contributed by atoms with Crippen LogP contribution in [0.15, 0.2) is 22.7 Å². The molecule has 88 valence electrons. The molecule has 0 aliphatic heterocycles. The third kappa shape index (κ3) is 2.47. The lowest BCUT2D eigenvalue weighted by Crippen LogP contribution is -2.24. The maximum atomic E-state index is 9.15. The van der Waals surface area contributed by atoms with E-state index in [0.717, 1.165) is 27.6 Å². The summed E-state index contributed by atoms with van der Waals surface area (Å²) in [5.74, 6) is 1.69. The van der Waals surface area contributed by atoms with Crippen LogP contribution in [0.1, 0.15) is 31.2 Å². The Labute approximate surface area is 110 Å². The molecule has 0 radical (unpaired) electrons. The van der Waals surface area contributed by atoms with E-state index in [1.807, 2.05) is 18.2 Å². The molecular weight excluding hydrogens is 276 g/mol. The molecule has 0 atom stereocenters. The standard InChI is InChI=1S/C14H15BrN2/c15-12-5-6-13(11(7-12)8-16)17-14(9-1-2-9)10-3-4-10/h5-7,9-10,14,17H,1-4H2. The van der Waals surface area contributed by atoms with Gasteiger partial charge >= 0.3 is 0 Å². The summed E-state index contributed by atoms with van der Waals surface area (Å²) >= 11 is 3.41. The minimum atomic E-state index is 0.600. The van der Waals surface area contributed by atoms with Gasteiger partial charge in [-0.25, -0.2) is 0 Å². The largest absolute Gasteiger partial charge is 0.381 e. The van der Waals surface area contributed by atoms with Crippen LogP contribution in [0.2, 0.25) is 0 Å². The predicted molar refractivity (Wildman–Crippen MR) is 71.7 cm³/mol. The van der Waals surface area contributed by atoms with Crippen LogP contribution in [0.4, 0.5) is 5.69 Å². The highest BCUT2D eigenvalue weighted by molar-refractivity contribution is 9.10. The highest BCUT2D eigenvalue weighted by Crippen LogP contribution is 2.46. The SMILES string of the molecule is N#Cc1cc(Br)ccc1NC(C1CC1)C1CC1. The van der Waals surface area contributed by atoms with Crippen LogP contribution < -0.4 is 5.32 Å². The molecule has 0 saturated heterocycles. The summed E-state index contributed by atoms with van der Waals surface area (Å²) in [5.41, 5.74) is 1.74. The van der Waals surface area contributed by atoms with Gasteiger partial charge in [-0.3, -0.25) is 0 Å². The third-order valence-corrected chi connectivity index (χ3v) is 4.18. The fraction of sp³-hybridized carbons (Fsp3) is 0.500. The Hall–Kier alpha value is -1.01. The second-order valence-corrected chi connectivity index (χ2v) is 6.06. The molecule has 2 fully saturated rings. The van der Waals surface area contributed by atoms with Gasteiger partial charge in [-0.2, -0.15) is 5.26 Å². The van der Waals surface area contributed by atoms with Crippen LogP contribution in [0, 0.1) is 23.2 Å². The second kappa shape index (κ2) is 4.34. The molecule has 17 heavy (non-hydrogen) atoms. The summed E-state index contributed by atoms with van der Waals surface area (Å²) in [6.07, 6.45) is 5.42. The molecule has 2 aliphatic rings. The van der Waals surface area contributed by atoms with Crippen LogP contribution >= 0.6 is 15.9 Å². The Balaban J connectivity index is 1.81.